The van der Waals surface area contributed by atoms with Gasteiger partial charge in [-0.1, -0.05) is 35.9 Å². The van der Waals surface area contributed by atoms with Gasteiger partial charge in [-0.15, -0.1) is 0 Å². The third kappa shape index (κ3) is 6.80. The third-order valence-electron chi connectivity index (χ3n) is 3.42. The van der Waals surface area contributed by atoms with Crippen LogP contribution in [-0.2, 0) is 17.8 Å². The van der Waals surface area contributed by atoms with Crippen LogP contribution in [0.3, 0.4) is 0 Å². The zero-order chi connectivity index (χ0) is 16.5. The van der Waals surface area contributed by atoms with Crippen molar-refractivity contribution < 1.29 is 9.18 Å². The molecular formula is C18H20ClFN2O. The number of hydrogen-bond donors (Lipinski definition) is 2. The van der Waals surface area contributed by atoms with Crippen molar-refractivity contribution in [1.82, 2.24) is 10.6 Å². The Morgan fingerprint density at radius 3 is 2.30 bits per heavy atom. The van der Waals surface area contributed by atoms with Crippen LogP contribution in [0.25, 0.3) is 0 Å². The van der Waals surface area contributed by atoms with E-state index in [0.717, 1.165) is 11.1 Å². The maximum absolute atomic E-state index is 12.8. The van der Waals surface area contributed by atoms with Crippen LogP contribution in [0, 0.1) is 5.82 Å². The fourth-order valence-electron chi connectivity index (χ4n) is 2.12. The minimum atomic E-state index is -0.246. The van der Waals surface area contributed by atoms with E-state index in [-0.39, 0.29) is 11.7 Å². The first-order valence-electron chi connectivity index (χ1n) is 7.60. The van der Waals surface area contributed by atoms with Crippen molar-refractivity contribution >= 4 is 17.5 Å². The van der Waals surface area contributed by atoms with Crippen molar-refractivity contribution in [2.24, 2.45) is 0 Å². The number of carbonyl (C=O) groups is 1. The number of hydrogen-bond acceptors (Lipinski definition) is 2. The summed E-state index contributed by atoms with van der Waals surface area (Å²) in [4.78, 5) is 11.7. The van der Waals surface area contributed by atoms with Gasteiger partial charge in [-0.2, -0.15) is 0 Å². The summed E-state index contributed by atoms with van der Waals surface area (Å²) in [6.07, 6.45) is 1.13. The number of nitrogens with one attached hydrogen (secondary N) is 2. The Balaban J connectivity index is 1.56. The molecule has 0 bridgehead atoms. The number of halogens is 2. The molecule has 122 valence electrons. The molecule has 0 heterocycles. The van der Waals surface area contributed by atoms with E-state index in [9.17, 15) is 9.18 Å². The summed E-state index contributed by atoms with van der Waals surface area (Å²) >= 11 is 5.82. The van der Waals surface area contributed by atoms with Crippen LogP contribution >= 0.6 is 11.6 Å². The molecule has 0 aliphatic rings. The summed E-state index contributed by atoms with van der Waals surface area (Å²) in [5.74, 6) is -0.236. The van der Waals surface area contributed by atoms with E-state index in [1.54, 1.807) is 12.1 Å². The standard InChI is InChI=1S/C18H20ClFN2O/c19-16-5-1-15(2-6-16)13-21-11-10-18(23)22-12-9-14-3-7-17(20)8-4-14/h1-8,21H,9-13H2,(H,22,23). The molecule has 0 atom stereocenters. The maximum Gasteiger partial charge on any atom is 0.221 e. The fraction of sp³-hybridized carbons (Fsp3) is 0.278. The largest absolute Gasteiger partial charge is 0.356 e. The van der Waals surface area contributed by atoms with E-state index in [1.165, 1.54) is 12.1 Å². The molecule has 2 aromatic carbocycles. The Kier molecular flexibility index (Phi) is 7.04. The molecular weight excluding hydrogens is 315 g/mol. The number of amides is 1. The monoisotopic (exact) mass is 334 g/mol. The quantitative estimate of drug-likeness (QED) is 0.727. The van der Waals surface area contributed by atoms with Crippen molar-refractivity contribution in [2.45, 2.75) is 19.4 Å². The van der Waals surface area contributed by atoms with Crippen LogP contribution in [0.2, 0.25) is 5.02 Å². The smallest absolute Gasteiger partial charge is 0.221 e. The van der Waals surface area contributed by atoms with Gasteiger partial charge in [-0.3, -0.25) is 4.79 Å². The molecule has 0 saturated heterocycles. The van der Waals surface area contributed by atoms with Gasteiger partial charge in [0, 0.05) is 31.1 Å². The van der Waals surface area contributed by atoms with E-state index in [1.807, 2.05) is 24.3 Å². The molecule has 0 aromatic heterocycles. The predicted molar refractivity (Wildman–Crippen MR) is 90.9 cm³/mol. The van der Waals surface area contributed by atoms with Gasteiger partial charge in [0.05, 0.1) is 0 Å². The summed E-state index contributed by atoms with van der Waals surface area (Å²) in [5.41, 5.74) is 2.14. The highest BCUT2D eigenvalue weighted by Crippen LogP contribution is 2.09. The lowest BCUT2D eigenvalue weighted by Crippen LogP contribution is -2.29. The Morgan fingerprint density at radius 2 is 1.61 bits per heavy atom. The van der Waals surface area contributed by atoms with Gasteiger partial charge in [0.1, 0.15) is 5.82 Å². The lowest BCUT2D eigenvalue weighted by atomic mass is 10.1. The first kappa shape index (κ1) is 17.4. The van der Waals surface area contributed by atoms with Crippen LogP contribution in [0.4, 0.5) is 4.39 Å². The van der Waals surface area contributed by atoms with E-state index < -0.39 is 0 Å². The molecule has 0 aliphatic heterocycles. The number of benzene rings is 2. The molecule has 5 heteroatoms. The molecule has 0 aliphatic carbocycles. The predicted octanol–water partition coefficient (Wildman–Crippen LogP) is 3.32. The topological polar surface area (TPSA) is 41.1 Å². The van der Waals surface area contributed by atoms with Crippen LogP contribution in [-0.4, -0.2) is 19.0 Å². The highest BCUT2D eigenvalue weighted by molar-refractivity contribution is 6.30. The molecule has 0 radical (unpaired) electrons. The third-order valence-corrected chi connectivity index (χ3v) is 3.67. The molecule has 2 N–H and O–H groups in total. The first-order chi connectivity index (χ1) is 11.1. The van der Waals surface area contributed by atoms with Crippen molar-refractivity contribution in [3.05, 3.63) is 70.5 Å². The molecule has 1 amide bonds. The second-order valence-corrected chi connectivity index (χ2v) is 5.72. The Labute approximate surface area is 140 Å². The fourth-order valence-corrected chi connectivity index (χ4v) is 2.25. The molecule has 0 saturated carbocycles. The summed E-state index contributed by atoms with van der Waals surface area (Å²) in [5, 5.41) is 6.80. The minimum Gasteiger partial charge on any atom is -0.356 e. The summed E-state index contributed by atoms with van der Waals surface area (Å²) in [6, 6.07) is 13.9. The summed E-state index contributed by atoms with van der Waals surface area (Å²) < 4.78 is 12.8. The van der Waals surface area contributed by atoms with Gasteiger partial charge < -0.3 is 10.6 Å². The second-order valence-electron chi connectivity index (χ2n) is 5.28. The van der Waals surface area contributed by atoms with E-state index in [2.05, 4.69) is 10.6 Å². The van der Waals surface area contributed by atoms with Gasteiger partial charge in [-0.25, -0.2) is 4.39 Å². The zero-order valence-electron chi connectivity index (χ0n) is 12.8. The summed E-state index contributed by atoms with van der Waals surface area (Å²) in [6.45, 7) is 1.88. The maximum atomic E-state index is 12.8. The SMILES string of the molecule is O=C(CCNCc1ccc(Cl)cc1)NCCc1ccc(F)cc1. The highest BCUT2D eigenvalue weighted by Gasteiger charge is 2.01. The van der Waals surface area contributed by atoms with Crippen LogP contribution in [0.1, 0.15) is 17.5 Å². The second kappa shape index (κ2) is 9.28. The molecule has 2 aromatic rings. The molecule has 2 rings (SSSR count). The Hall–Kier alpha value is -1.91. The molecule has 3 nitrogen and oxygen atoms in total. The van der Waals surface area contributed by atoms with Gasteiger partial charge in [0.25, 0.3) is 0 Å². The van der Waals surface area contributed by atoms with Crippen molar-refractivity contribution in [3.63, 3.8) is 0 Å². The Bertz CT molecular complexity index is 614. The molecule has 0 fully saturated rings. The first-order valence-corrected chi connectivity index (χ1v) is 7.97. The lowest BCUT2D eigenvalue weighted by molar-refractivity contribution is -0.120. The normalized spacial score (nSPS) is 10.5. The zero-order valence-corrected chi connectivity index (χ0v) is 13.6. The van der Waals surface area contributed by atoms with Crippen LogP contribution in [0.15, 0.2) is 48.5 Å². The van der Waals surface area contributed by atoms with Gasteiger partial charge in [0.15, 0.2) is 0 Å². The van der Waals surface area contributed by atoms with Crippen LogP contribution < -0.4 is 10.6 Å². The average molecular weight is 335 g/mol. The van der Waals surface area contributed by atoms with Crippen molar-refractivity contribution in [3.8, 4) is 0 Å². The number of carbonyl (C=O) groups excluding carboxylic acids is 1. The molecule has 0 spiro atoms. The van der Waals surface area contributed by atoms with Crippen LogP contribution in [0.5, 0.6) is 0 Å². The highest BCUT2D eigenvalue weighted by atomic mass is 35.5. The van der Waals surface area contributed by atoms with Crippen molar-refractivity contribution in [1.29, 1.82) is 0 Å². The number of rotatable bonds is 8. The molecule has 23 heavy (non-hydrogen) atoms. The lowest BCUT2D eigenvalue weighted by Gasteiger charge is -2.07. The van der Waals surface area contributed by atoms with E-state index >= 15 is 0 Å². The molecule has 0 unspecified atom stereocenters. The van der Waals surface area contributed by atoms with Gasteiger partial charge >= 0.3 is 0 Å². The minimum absolute atomic E-state index is 0.00992. The van der Waals surface area contributed by atoms with E-state index in [4.69, 9.17) is 11.6 Å². The van der Waals surface area contributed by atoms with Crippen molar-refractivity contribution in [2.75, 3.05) is 13.1 Å². The van der Waals surface area contributed by atoms with E-state index in [0.29, 0.717) is 37.5 Å². The van der Waals surface area contributed by atoms with Gasteiger partial charge in [0.2, 0.25) is 5.91 Å². The Morgan fingerprint density at radius 1 is 0.957 bits per heavy atom. The van der Waals surface area contributed by atoms with Gasteiger partial charge in [-0.05, 0) is 41.8 Å². The summed E-state index contributed by atoms with van der Waals surface area (Å²) in [7, 11) is 0. The average Bonchev–Trinajstić information content (AvgIpc) is 2.55.